The maximum Gasteiger partial charge on any atom is 0.0925 e. The number of hydrogen-bond donors (Lipinski definition) is 2. The highest BCUT2D eigenvalue weighted by atomic mass is 14.9. The molecule has 1 heterocycles. The van der Waals surface area contributed by atoms with Gasteiger partial charge in [0, 0.05) is 35.4 Å². The molecule has 4 heteroatoms. The van der Waals surface area contributed by atoms with Crippen LogP contribution in [-0.2, 0) is 0 Å². The van der Waals surface area contributed by atoms with E-state index in [9.17, 15) is 0 Å². The standard InChI is InChI=1S/C20H20N4/c1-2-13-9-15(10-13)22-11-16(20(21)14-7-8-14)19-12-23-17-5-3-4-6-18(17)24-19/h1,3-6,11-15,21-22H,7-10H2/b16-11-,21-20?. The van der Waals surface area contributed by atoms with E-state index in [1.165, 1.54) is 0 Å². The van der Waals surface area contributed by atoms with Crippen molar-refractivity contribution in [2.24, 2.45) is 11.8 Å². The molecule has 120 valence electrons. The summed E-state index contributed by atoms with van der Waals surface area (Å²) in [6.07, 6.45) is 13.4. The Hall–Kier alpha value is -2.67. The summed E-state index contributed by atoms with van der Waals surface area (Å²) < 4.78 is 0. The van der Waals surface area contributed by atoms with Gasteiger partial charge >= 0.3 is 0 Å². The molecule has 24 heavy (non-hydrogen) atoms. The molecule has 2 fully saturated rings. The van der Waals surface area contributed by atoms with Gasteiger partial charge in [-0.1, -0.05) is 12.1 Å². The molecule has 0 unspecified atom stereocenters. The van der Waals surface area contributed by atoms with Gasteiger partial charge in [0.2, 0.25) is 0 Å². The van der Waals surface area contributed by atoms with Crippen molar-refractivity contribution in [1.82, 2.24) is 15.3 Å². The second-order valence-corrected chi connectivity index (χ2v) is 6.69. The molecule has 0 amide bonds. The monoisotopic (exact) mass is 316 g/mol. The highest BCUT2D eigenvalue weighted by Crippen LogP contribution is 2.35. The highest BCUT2D eigenvalue weighted by molar-refractivity contribution is 6.23. The van der Waals surface area contributed by atoms with Crippen LogP contribution in [0.25, 0.3) is 16.6 Å². The summed E-state index contributed by atoms with van der Waals surface area (Å²) in [5.41, 5.74) is 4.04. The number of aromatic nitrogens is 2. The van der Waals surface area contributed by atoms with Crippen LogP contribution in [0.5, 0.6) is 0 Å². The third-order valence-electron chi connectivity index (χ3n) is 4.84. The Morgan fingerprint density at radius 1 is 1.25 bits per heavy atom. The molecule has 2 saturated carbocycles. The first-order valence-electron chi connectivity index (χ1n) is 8.48. The SMILES string of the molecule is C#CC1CC(N/C=C(\C(=N)C2CC2)c2cnc3ccccc3n2)C1. The summed E-state index contributed by atoms with van der Waals surface area (Å²) in [6, 6.07) is 8.24. The second kappa shape index (κ2) is 6.09. The lowest BCUT2D eigenvalue weighted by Crippen LogP contribution is -2.38. The number of hydrogen-bond acceptors (Lipinski definition) is 4. The van der Waals surface area contributed by atoms with Gasteiger partial charge < -0.3 is 10.7 Å². The molecule has 2 aliphatic carbocycles. The molecule has 0 saturated heterocycles. The Labute approximate surface area is 141 Å². The van der Waals surface area contributed by atoms with Crippen LogP contribution < -0.4 is 5.32 Å². The van der Waals surface area contributed by atoms with Gasteiger partial charge in [-0.15, -0.1) is 12.3 Å². The minimum atomic E-state index is 0.367. The maximum absolute atomic E-state index is 8.50. The van der Waals surface area contributed by atoms with E-state index in [1.54, 1.807) is 6.20 Å². The molecule has 0 bridgehead atoms. The zero-order valence-corrected chi connectivity index (χ0v) is 13.5. The summed E-state index contributed by atoms with van der Waals surface area (Å²) in [5, 5.41) is 11.9. The normalized spacial score (nSPS) is 23.4. The van der Waals surface area contributed by atoms with Crippen molar-refractivity contribution >= 4 is 22.3 Å². The minimum absolute atomic E-state index is 0.367. The van der Waals surface area contributed by atoms with Crippen molar-refractivity contribution in [3.05, 3.63) is 42.4 Å². The molecular weight excluding hydrogens is 296 g/mol. The van der Waals surface area contributed by atoms with Crippen LogP contribution in [-0.4, -0.2) is 21.7 Å². The smallest absolute Gasteiger partial charge is 0.0925 e. The molecule has 1 aromatic carbocycles. The van der Waals surface area contributed by atoms with E-state index < -0.39 is 0 Å². The Morgan fingerprint density at radius 2 is 2.00 bits per heavy atom. The van der Waals surface area contributed by atoms with Gasteiger partial charge in [0.15, 0.2) is 0 Å². The number of terminal acetylenes is 1. The average molecular weight is 316 g/mol. The fourth-order valence-electron chi connectivity index (χ4n) is 3.06. The minimum Gasteiger partial charge on any atom is -0.387 e. The van der Waals surface area contributed by atoms with E-state index in [4.69, 9.17) is 16.8 Å². The van der Waals surface area contributed by atoms with Crippen LogP contribution >= 0.6 is 0 Å². The number of para-hydroxylation sites is 2. The Kier molecular flexibility index (Phi) is 3.78. The van der Waals surface area contributed by atoms with E-state index in [0.717, 1.165) is 48.0 Å². The fraction of sp³-hybridized carbons (Fsp3) is 0.350. The lowest BCUT2D eigenvalue weighted by molar-refractivity contribution is 0.301. The van der Waals surface area contributed by atoms with E-state index in [2.05, 4.69) is 16.2 Å². The summed E-state index contributed by atoms with van der Waals surface area (Å²) in [5.74, 6) is 3.55. The molecular formula is C20H20N4. The van der Waals surface area contributed by atoms with Crippen LogP contribution in [0.1, 0.15) is 31.4 Å². The lowest BCUT2D eigenvalue weighted by atomic mass is 9.81. The first-order chi connectivity index (χ1) is 11.7. The number of benzene rings is 1. The number of rotatable bonds is 5. The molecule has 2 N–H and O–H groups in total. The largest absolute Gasteiger partial charge is 0.387 e. The molecule has 4 rings (SSSR count). The highest BCUT2D eigenvalue weighted by Gasteiger charge is 2.31. The summed E-state index contributed by atoms with van der Waals surface area (Å²) in [7, 11) is 0. The van der Waals surface area contributed by atoms with Crippen LogP contribution in [0, 0.1) is 29.6 Å². The molecule has 2 aromatic rings. The van der Waals surface area contributed by atoms with E-state index in [0.29, 0.717) is 23.6 Å². The van der Waals surface area contributed by atoms with Gasteiger partial charge in [-0.3, -0.25) is 4.98 Å². The Morgan fingerprint density at radius 3 is 2.71 bits per heavy atom. The van der Waals surface area contributed by atoms with Gasteiger partial charge in [-0.05, 0) is 37.8 Å². The predicted molar refractivity (Wildman–Crippen MR) is 96.4 cm³/mol. The van der Waals surface area contributed by atoms with Crippen LogP contribution in [0.3, 0.4) is 0 Å². The topological polar surface area (TPSA) is 61.7 Å². The number of allylic oxidation sites excluding steroid dienone is 1. The molecule has 0 radical (unpaired) electrons. The zero-order chi connectivity index (χ0) is 16.5. The second-order valence-electron chi connectivity index (χ2n) is 6.69. The Balaban J connectivity index is 1.61. The quantitative estimate of drug-likeness (QED) is 0.656. The molecule has 0 atom stereocenters. The number of nitrogens with zero attached hydrogens (tertiary/aromatic N) is 2. The van der Waals surface area contributed by atoms with Crippen LogP contribution in [0.2, 0.25) is 0 Å². The van der Waals surface area contributed by atoms with Gasteiger partial charge in [0.25, 0.3) is 0 Å². The fourth-order valence-corrected chi connectivity index (χ4v) is 3.06. The molecule has 0 spiro atoms. The van der Waals surface area contributed by atoms with Crippen molar-refractivity contribution in [3.8, 4) is 12.3 Å². The molecule has 1 aromatic heterocycles. The van der Waals surface area contributed by atoms with E-state index >= 15 is 0 Å². The lowest BCUT2D eigenvalue weighted by Gasteiger charge is -2.32. The van der Waals surface area contributed by atoms with Crippen LogP contribution in [0.15, 0.2) is 36.7 Å². The third-order valence-corrected chi connectivity index (χ3v) is 4.84. The van der Waals surface area contributed by atoms with Crippen molar-refractivity contribution < 1.29 is 0 Å². The van der Waals surface area contributed by atoms with Gasteiger partial charge in [0.1, 0.15) is 0 Å². The third kappa shape index (κ3) is 2.90. The van der Waals surface area contributed by atoms with Gasteiger partial charge in [-0.2, -0.15) is 0 Å². The first kappa shape index (κ1) is 14.9. The zero-order valence-electron chi connectivity index (χ0n) is 13.5. The molecule has 2 aliphatic rings. The maximum atomic E-state index is 8.50. The van der Waals surface area contributed by atoms with E-state index in [1.807, 2.05) is 30.5 Å². The van der Waals surface area contributed by atoms with Gasteiger partial charge in [0.05, 0.1) is 22.9 Å². The summed E-state index contributed by atoms with van der Waals surface area (Å²) in [6.45, 7) is 0. The van der Waals surface area contributed by atoms with Crippen molar-refractivity contribution in [3.63, 3.8) is 0 Å². The number of fused-ring (bicyclic) bond motifs is 1. The van der Waals surface area contributed by atoms with Crippen molar-refractivity contribution in [2.75, 3.05) is 0 Å². The van der Waals surface area contributed by atoms with Crippen molar-refractivity contribution in [1.29, 1.82) is 5.41 Å². The molecule has 0 aliphatic heterocycles. The first-order valence-corrected chi connectivity index (χ1v) is 8.48. The number of nitrogens with one attached hydrogen (secondary N) is 2. The van der Waals surface area contributed by atoms with Crippen LogP contribution in [0.4, 0.5) is 0 Å². The predicted octanol–water partition coefficient (Wildman–Crippen LogP) is 3.40. The van der Waals surface area contributed by atoms with E-state index in [-0.39, 0.29) is 0 Å². The summed E-state index contributed by atoms with van der Waals surface area (Å²) in [4.78, 5) is 9.21. The molecule has 4 nitrogen and oxygen atoms in total. The Bertz CT molecular complexity index is 851. The summed E-state index contributed by atoms with van der Waals surface area (Å²) >= 11 is 0. The van der Waals surface area contributed by atoms with Crippen molar-refractivity contribution in [2.45, 2.75) is 31.7 Å². The van der Waals surface area contributed by atoms with Gasteiger partial charge in [-0.25, -0.2) is 4.98 Å². The average Bonchev–Trinajstić information content (AvgIpc) is 3.41.